The molecular weight excluding hydrogens is 318 g/mol. The Labute approximate surface area is 147 Å². The summed E-state index contributed by atoms with van der Waals surface area (Å²) in [5.74, 6) is 0.0774. The van der Waals surface area contributed by atoms with Crippen molar-refractivity contribution in [2.75, 3.05) is 6.54 Å². The second-order valence-electron chi connectivity index (χ2n) is 7.53. The molecule has 1 aliphatic heterocycles. The number of hydrogen-bond acceptors (Lipinski definition) is 3. The fourth-order valence-electron chi connectivity index (χ4n) is 3.14. The fraction of sp³-hybridized carbons (Fsp3) is 0.500. The van der Waals surface area contributed by atoms with Gasteiger partial charge in [-0.1, -0.05) is 6.07 Å². The number of carbonyl (C=O) groups excluding carboxylic acids is 2. The average Bonchev–Trinajstić information content (AvgIpc) is 3.09. The number of nitrogens with zero attached hydrogens (tertiary/aromatic N) is 3. The molecule has 1 saturated heterocycles. The first-order valence-electron chi connectivity index (χ1n) is 8.52. The Hall–Kier alpha value is -2.57. The van der Waals surface area contributed by atoms with Crippen molar-refractivity contribution in [3.8, 4) is 0 Å². The third-order valence-electron chi connectivity index (χ3n) is 4.45. The van der Waals surface area contributed by atoms with Gasteiger partial charge in [-0.3, -0.25) is 4.79 Å². The Bertz CT molecular complexity index is 805. The summed E-state index contributed by atoms with van der Waals surface area (Å²) in [6, 6.07) is 5.47. The molecule has 134 valence electrons. The van der Waals surface area contributed by atoms with Crippen LogP contribution in [0.4, 0.5) is 4.79 Å². The Morgan fingerprint density at radius 1 is 1.36 bits per heavy atom. The molecule has 1 atom stereocenters. The maximum Gasteiger partial charge on any atom is 0.315 e. The van der Waals surface area contributed by atoms with Crippen LogP contribution in [0.15, 0.2) is 24.4 Å². The zero-order chi connectivity index (χ0) is 18.2. The number of likely N-dealkylation sites (tertiary alicyclic amines) is 1. The van der Waals surface area contributed by atoms with Gasteiger partial charge < -0.3 is 19.9 Å². The highest BCUT2D eigenvalue weighted by Gasteiger charge is 2.36. The van der Waals surface area contributed by atoms with Crippen LogP contribution >= 0.6 is 0 Å². The minimum Gasteiger partial charge on any atom is -0.336 e. The van der Waals surface area contributed by atoms with Crippen molar-refractivity contribution in [2.24, 2.45) is 0 Å². The van der Waals surface area contributed by atoms with Gasteiger partial charge in [-0.15, -0.1) is 0 Å². The van der Waals surface area contributed by atoms with Crippen LogP contribution in [-0.4, -0.2) is 44.3 Å². The van der Waals surface area contributed by atoms with Crippen molar-refractivity contribution in [1.82, 2.24) is 24.9 Å². The van der Waals surface area contributed by atoms with Gasteiger partial charge in [0.1, 0.15) is 5.65 Å². The Kier molecular flexibility index (Phi) is 4.41. The number of rotatable bonds is 3. The largest absolute Gasteiger partial charge is 0.336 e. The zero-order valence-corrected chi connectivity index (χ0v) is 15.2. The van der Waals surface area contributed by atoms with Crippen molar-refractivity contribution in [3.63, 3.8) is 0 Å². The van der Waals surface area contributed by atoms with E-state index in [1.807, 2.05) is 61.4 Å². The summed E-state index contributed by atoms with van der Waals surface area (Å²) in [5, 5.41) is 5.70. The topological polar surface area (TPSA) is 78.7 Å². The molecule has 7 heteroatoms. The van der Waals surface area contributed by atoms with Gasteiger partial charge in [0.15, 0.2) is 0 Å². The van der Waals surface area contributed by atoms with Crippen LogP contribution in [0, 0.1) is 6.92 Å². The van der Waals surface area contributed by atoms with Crippen molar-refractivity contribution < 1.29 is 9.59 Å². The number of aryl methyl sites for hydroxylation is 1. The van der Waals surface area contributed by atoms with E-state index in [4.69, 9.17) is 0 Å². The number of aromatic nitrogens is 2. The molecular formula is C18H25N5O2. The van der Waals surface area contributed by atoms with E-state index in [-0.39, 0.29) is 23.5 Å². The summed E-state index contributed by atoms with van der Waals surface area (Å²) in [6.07, 6.45) is 2.27. The molecule has 0 bridgehead atoms. The van der Waals surface area contributed by atoms with E-state index in [9.17, 15) is 9.59 Å². The predicted octanol–water partition coefficient (Wildman–Crippen LogP) is 1.84. The number of pyridine rings is 1. The van der Waals surface area contributed by atoms with E-state index in [0.29, 0.717) is 19.5 Å². The first-order chi connectivity index (χ1) is 11.7. The van der Waals surface area contributed by atoms with Crippen LogP contribution in [0.25, 0.3) is 5.65 Å². The number of urea groups is 1. The lowest BCUT2D eigenvalue weighted by Gasteiger charge is -2.32. The SMILES string of the molecule is Cc1cccc2nc(CNC(=O)N[C@@H]3CC(=O)N(C(C)(C)C)C3)cn12. The molecule has 2 aromatic rings. The second kappa shape index (κ2) is 6.38. The summed E-state index contributed by atoms with van der Waals surface area (Å²) in [6.45, 7) is 8.90. The van der Waals surface area contributed by atoms with Gasteiger partial charge in [0.05, 0.1) is 18.3 Å². The second-order valence-corrected chi connectivity index (χ2v) is 7.53. The van der Waals surface area contributed by atoms with Crippen LogP contribution in [0.5, 0.6) is 0 Å². The standard InChI is InChI=1S/C18H25N5O2/c1-12-6-5-7-15-20-14(10-22(12)15)9-19-17(25)21-13-8-16(24)23(11-13)18(2,3)4/h5-7,10,13H,8-9,11H2,1-4H3,(H2,19,21,25)/t13-/m1/s1. The lowest BCUT2D eigenvalue weighted by atomic mass is 10.1. The number of hydrogen-bond donors (Lipinski definition) is 2. The van der Waals surface area contributed by atoms with E-state index in [1.54, 1.807) is 0 Å². The van der Waals surface area contributed by atoms with Crippen molar-refractivity contribution in [1.29, 1.82) is 0 Å². The number of fused-ring (bicyclic) bond motifs is 1. The highest BCUT2D eigenvalue weighted by atomic mass is 16.2. The monoisotopic (exact) mass is 343 g/mol. The summed E-state index contributed by atoms with van der Waals surface area (Å²) in [7, 11) is 0. The van der Waals surface area contributed by atoms with Crippen molar-refractivity contribution in [3.05, 3.63) is 35.8 Å². The van der Waals surface area contributed by atoms with Crippen LogP contribution < -0.4 is 10.6 Å². The first kappa shape index (κ1) is 17.3. The molecule has 0 spiro atoms. The van der Waals surface area contributed by atoms with Gasteiger partial charge >= 0.3 is 6.03 Å². The van der Waals surface area contributed by atoms with Crippen LogP contribution in [0.1, 0.15) is 38.6 Å². The molecule has 7 nitrogen and oxygen atoms in total. The molecule has 2 N–H and O–H groups in total. The number of amides is 3. The van der Waals surface area contributed by atoms with Gasteiger partial charge in [-0.2, -0.15) is 0 Å². The quantitative estimate of drug-likeness (QED) is 0.892. The first-order valence-corrected chi connectivity index (χ1v) is 8.52. The summed E-state index contributed by atoms with van der Waals surface area (Å²) in [5.41, 5.74) is 2.52. The minimum atomic E-state index is -0.276. The molecule has 0 aromatic carbocycles. The third kappa shape index (κ3) is 3.75. The molecule has 1 aliphatic rings. The molecule has 0 unspecified atom stereocenters. The number of imidazole rings is 1. The van der Waals surface area contributed by atoms with Crippen LogP contribution in [-0.2, 0) is 11.3 Å². The molecule has 3 rings (SSSR count). The summed E-state index contributed by atoms with van der Waals surface area (Å²) < 4.78 is 1.99. The molecule has 25 heavy (non-hydrogen) atoms. The van der Waals surface area contributed by atoms with Gasteiger partial charge in [0.2, 0.25) is 5.91 Å². The molecule has 0 radical (unpaired) electrons. The maximum absolute atomic E-state index is 12.1. The normalized spacial score (nSPS) is 18.0. The van der Waals surface area contributed by atoms with E-state index < -0.39 is 0 Å². The van der Waals surface area contributed by atoms with E-state index in [0.717, 1.165) is 17.0 Å². The highest BCUT2D eigenvalue weighted by Crippen LogP contribution is 2.21. The summed E-state index contributed by atoms with van der Waals surface area (Å²) >= 11 is 0. The summed E-state index contributed by atoms with van der Waals surface area (Å²) in [4.78, 5) is 30.5. The third-order valence-corrected chi connectivity index (χ3v) is 4.45. The zero-order valence-electron chi connectivity index (χ0n) is 15.2. The van der Waals surface area contributed by atoms with E-state index in [2.05, 4.69) is 15.6 Å². The average molecular weight is 343 g/mol. The lowest BCUT2D eigenvalue weighted by Crippen LogP contribution is -2.46. The van der Waals surface area contributed by atoms with E-state index in [1.165, 1.54) is 0 Å². The molecule has 3 amide bonds. The smallest absolute Gasteiger partial charge is 0.315 e. The number of nitrogens with one attached hydrogen (secondary N) is 2. The molecule has 1 fully saturated rings. The van der Waals surface area contributed by atoms with Crippen molar-refractivity contribution >= 4 is 17.6 Å². The van der Waals surface area contributed by atoms with Gasteiger partial charge in [-0.05, 0) is 39.8 Å². The lowest BCUT2D eigenvalue weighted by molar-refractivity contribution is -0.131. The minimum absolute atomic E-state index is 0.0774. The predicted molar refractivity (Wildman–Crippen MR) is 95.2 cm³/mol. The van der Waals surface area contributed by atoms with Gasteiger partial charge in [-0.25, -0.2) is 9.78 Å². The Morgan fingerprint density at radius 2 is 2.12 bits per heavy atom. The van der Waals surface area contributed by atoms with Crippen LogP contribution in [0.2, 0.25) is 0 Å². The fourth-order valence-corrected chi connectivity index (χ4v) is 3.14. The molecule has 0 aliphatic carbocycles. The van der Waals surface area contributed by atoms with Gasteiger partial charge in [0, 0.05) is 30.4 Å². The molecule has 3 heterocycles. The van der Waals surface area contributed by atoms with Crippen molar-refractivity contribution in [2.45, 2.75) is 52.2 Å². The number of carbonyl (C=O) groups is 2. The highest BCUT2D eigenvalue weighted by molar-refractivity contribution is 5.82. The maximum atomic E-state index is 12.1. The Balaban J connectivity index is 1.54. The van der Waals surface area contributed by atoms with Gasteiger partial charge in [0.25, 0.3) is 0 Å². The molecule has 0 saturated carbocycles. The van der Waals surface area contributed by atoms with Crippen LogP contribution in [0.3, 0.4) is 0 Å². The van der Waals surface area contributed by atoms with E-state index >= 15 is 0 Å². The Morgan fingerprint density at radius 3 is 2.76 bits per heavy atom. The molecule has 2 aromatic heterocycles.